The largest absolute Gasteiger partial charge is 0.461 e. The molecule has 0 aliphatic carbocycles. The monoisotopic (exact) mass is 232 g/mol. The van der Waals surface area contributed by atoms with E-state index in [-0.39, 0.29) is 31.0 Å². The van der Waals surface area contributed by atoms with Crippen LogP contribution in [0.25, 0.3) is 0 Å². The van der Waals surface area contributed by atoms with Gasteiger partial charge in [-0.25, -0.2) is 0 Å². The maximum atomic E-state index is 11.7. The van der Waals surface area contributed by atoms with Gasteiger partial charge in [-0.2, -0.15) is 0 Å². The number of rotatable bonds is 5. The van der Waals surface area contributed by atoms with E-state index in [1.54, 1.807) is 34.6 Å². The number of aliphatic hydroxyl groups excluding tert-OH is 2. The minimum atomic E-state index is -0.567. The highest BCUT2D eigenvalue weighted by Crippen LogP contribution is 2.22. The van der Waals surface area contributed by atoms with Crippen LogP contribution in [0, 0.1) is 17.3 Å². The lowest BCUT2D eigenvalue weighted by Crippen LogP contribution is -2.38. The molecule has 0 aromatic heterocycles. The molecule has 0 heterocycles. The van der Waals surface area contributed by atoms with Crippen LogP contribution in [0.15, 0.2) is 0 Å². The number of carbonyl (C=O) groups is 1. The molecule has 0 saturated carbocycles. The van der Waals surface area contributed by atoms with Crippen molar-refractivity contribution in [2.75, 3.05) is 13.2 Å². The molecule has 0 aromatic rings. The topological polar surface area (TPSA) is 66.8 Å². The van der Waals surface area contributed by atoms with E-state index in [2.05, 4.69) is 0 Å². The Labute approximate surface area is 97.6 Å². The van der Waals surface area contributed by atoms with Crippen molar-refractivity contribution in [3.63, 3.8) is 0 Å². The standard InChI is InChI=1S/C12H24O4/c1-8(6-13)10(9(2)7-14)16-11(15)12(3,4)5/h8-10,13-14H,6-7H2,1-5H3/t8-,9-/m0/s1. The Morgan fingerprint density at radius 2 is 1.50 bits per heavy atom. The third-order valence-electron chi connectivity index (χ3n) is 2.55. The van der Waals surface area contributed by atoms with Crippen LogP contribution in [-0.4, -0.2) is 35.5 Å². The summed E-state index contributed by atoms with van der Waals surface area (Å²) in [5, 5.41) is 18.2. The molecule has 0 spiro atoms. The molecular formula is C12H24O4. The van der Waals surface area contributed by atoms with Gasteiger partial charge in [0.1, 0.15) is 6.10 Å². The van der Waals surface area contributed by atoms with Crippen molar-refractivity contribution < 1.29 is 19.7 Å². The summed E-state index contributed by atoms with van der Waals surface area (Å²) in [5.74, 6) is -0.653. The zero-order chi connectivity index (χ0) is 12.9. The summed E-state index contributed by atoms with van der Waals surface area (Å²) in [6.45, 7) is 8.80. The molecule has 0 radical (unpaired) electrons. The molecule has 0 unspecified atom stereocenters. The molecule has 96 valence electrons. The Morgan fingerprint density at radius 3 is 1.75 bits per heavy atom. The second-order valence-corrected chi connectivity index (χ2v) is 5.44. The lowest BCUT2D eigenvalue weighted by atomic mass is 9.92. The second-order valence-electron chi connectivity index (χ2n) is 5.44. The summed E-state index contributed by atoms with van der Waals surface area (Å²) in [7, 11) is 0. The number of esters is 1. The fourth-order valence-electron chi connectivity index (χ4n) is 1.30. The van der Waals surface area contributed by atoms with Crippen molar-refractivity contribution in [1.29, 1.82) is 0 Å². The first kappa shape index (κ1) is 15.4. The van der Waals surface area contributed by atoms with E-state index in [1.165, 1.54) is 0 Å². The Kier molecular flexibility index (Phi) is 5.97. The molecule has 0 amide bonds. The third-order valence-corrected chi connectivity index (χ3v) is 2.55. The molecule has 4 heteroatoms. The first-order chi connectivity index (χ1) is 7.23. The van der Waals surface area contributed by atoms with E-state index < -0.39 is 11.5 Å². The Hall–Kier alpha value is -0.610. The lowest BCUT2D eigenvalue weighted by molar-refractivity contribution is -0.166. The third kappa shape index (κ3) is 4.49. The number of hydrogen-bond acceptors (Lipinski definition) is 4. The van der Waals surface area contributed by atoms with E-state index in [1.807, 2.05) is 0 Å². The van der Waals surface area contributed by atoms with Crippen LogP contribution in [0.2, 0.25) is 0 Å². The van der Waals surface area contributed by atoms with Gasteiger partial charge in [-0.05, 0) is 20.8 Å². The molecule has 0 rings (SSSR count). The second kappa shape index (κ2) is 6.21. The first-order valence-corrected chi connectivity index (χ1v) is 5.66. The zero-order valence-electron chi connectivity index (χ0n) is 10.9. The van der Waals surface area contributed by atoms with Gasteiger partial charge in [0.25, 0.3) is 0 Å². The number of hydrogen-bond donors (Lipinski definition) is 2. The van der Waals surface area contributed by atoms with Crippen molar-refractivity contribution in [2.45, 2.75) is 40.7 Å². The predicted octanol–water partition coefficient (Wildman–Crippen LogP) is 1.20. The molecule has 2 N–H and O–H groups in total. The molecule has 0 saturated heterocycles. The lowest BCUT2D eigenvalue weighted by Gasteiger charge is -2.30. The number of aliphatic hydroxyl groups is 2. The summed E-state index contributed by atoms with van der Waals surface area (Å²) in [4.78, 5) is 11.7. The van der Waals surface area contributed by atoms with Gasteiger partial charge < -0.3 is 14.9 Å². The Morgan fingerprint density at radius 1 is 1.12 bits per heavy atom. The Balaban J connectivity index is 4.62. The fraction of sp³-hybridized carbons (Fsp3) is 0.917. The number of carbonyl (C=O) groups excluding carboxylic acids is 1. The summed E-state index contributed by atoms with van der Waals surface area (Å²) < 4.78 is 5.36. The van der Waals surface area contributed by atoms with Gasteiger partial charge in [0.05, 0.1) is 5.41 Å². The minimum absolute atomic E-state index is 0.0631. The average Bonchev–Trinajstić information content (AvgIpc) is 2.21. The maximum absolute atomic E-state index is 11.7. The Bertz CT molecular complexity index is 210. The highest BCUT2D eigenvalue weighted by Gasteiger charge is 2.31. The molecule has 0 aromatic carbocycles. The van der Waals surface area contributed by atoms with Gasteiger partial charge in [0.15, 0.2) is 0 Å². The van der Waals surface area contributed by atoms with E-state index in [0.29, 0.717) is 0 Å². The zero-order valence-corrected chi connectivity index (χ0v) is 10.9. The van der Waals surface area contributed by atoms with Crippen molar-refractivity contribution in [3.05, 3.63) is 0 Å². The first-order valence-electron chi connectivity index (χ1n) is 5.66. The molecular weight excluding hydrogens is 208 g/mol. The van der Waals surface area contributed by atoms with Crippen LogP contribution in [0.1, 0.15) is 34.6 Å². The van der Waals surface area contributed by atoms with Crippen molar-refractivity contribution >= 4 is 5.97 Å². The molecule has 4 nitrogen and oxygen atoms in total. The SMILES string of the molecule is C[C@@H](CO)C(OC(=O)C(C)(C)C)[C@@H](C)CO. The van der Waals surface area contributed by atoms with Gasteiger partial charge in [0, 0.05) is 25.0 Å². The highest BCUT2D eigenvalue weighted by atomic mass is 16.5. The molecule has 0 bridgehead atoms. The summed E-state index contributed by atoms with van der Waals surface area (Å²) in [6, 6.07) is 0. The molecule has 0 aliphatic heterocycles. The smallest absolute Gasteiger partial charge is 0.311 e. The van der Waals surface area contributed by atoms with Gasteiger partial charge in [0.2, 0.25) is 0 Å². The average molecular weight is 232 g/mol. The van der Waals surface area contributed by atoms with Crippen LogP contribution in [0.3, 0.4) is 0 Å². The number of ether oxygens (including phenoxy) is 1. The molecule has 0 aliphatic rings. The summed E-state index contributed by atoms with van der Waals surface area (Å²) in [6.07, 6.45) is -0.443. The van der Waals surface area contributed by atoms with E-state index in [9.17, 15) is 4.79 Å². The van der Waals surface area contributed by atoms with Gasteiger partial charge in [-0.3, -0.25) is 4.79 Å². The summed E-state index contributed by atoms with van der Waals surface area (Å²) >= 11 is 0. The molecule has 2 atom stereocenters. The van der Waals surface area contributed by atoms with Gasteiger partial charge >= 0.3 is 5.97 Å². The maximum Gasteiger partial charge on any atom is 0.311 e. The predicted molar refractivity (Wildman–Crippen MR) is 61.8 cm³/mol. The normalized spacial score (nSPS) is 16.0. The van der Waals surface area contributed by atoms with E-state index in [4.69, 9.17) is 14.9 Å². The van der Waals surface area contributed by atoms with Crippen molar-refractivity contribution in [3.8, 4) is 0 Å². The van der Waals surface area contributed by atoms with Crippen LogP contribution in [0.5, 0.6) is 0 Å². The van der Waals surface area contributed by atoms with Crippen molar-refractivity contribution in [1.82, 2.24) is 0 Å². The molecule has 0 fully saturated rings. The van der Waals surface area contributed by atoms with Gasteiger partial charge in [-0.15, -0.1) is 0 Å². The van der Waals surface area contributed by atoms with Crippen LogP contribution in [0.4, 0.5) is 0 Å². The minimum Gasteiger partial charge on any atom is -0.461 e. The quantitative estimate of drug-likeness (QED) is 0.699. The van der Waals surface area contributed by atoms with Gasteiger partial charge in [-0.1, -0.05) is 13.8 Å². The van der Waals surface area contributed by atoms with Crippen LogP contribution < -0.4 is 0 Å². The van der Waals surface area contributed by atoms with Crippen LogP contribution in [-0.2, 0) is 9.53 Å². The van der Waals surface area contributed by atoms with Crippen molar-refractivity contribution in [2.24, 2.45) is 17.3 Å². The molecule has 16 heavy (non-hydrogen) atoms. The fourth-order valence-corrected chi connectivity index (χ4v) is 1.30. The van der Waals surface area contributed by atoms with Crippen LogP contribution >= 0.6 is 0 Å². The highest BCUT2D eigenvalue weighted by molar-refractivity contribution is 5.75. The van der Waals surface area contributed by atoms with E-state index in [0.717, 1.165) is 0 Å². The van der Waals surface area contributed by atoms with E-state index >= 15 is 0 Å². The summed E-state index contributed by atoms with van der Waals surface area (Å²) in [5.41, 5.74) is -0.567.